The molecule has 0 fully saturated rings. The van der Waals surface area contributed by atoms with Gasteiger partial charge in [0.2, 0.25) is 0 Å². The number of likely N-dealkylation sites (N-methyl/N-ethyl adjacent to an activating group) is 1. The van der Waals surface area contributed by atoms with E-state index in [2.05, 4.69) is 6.07 Å². The summed E-state index contributed by atoms with van der Waals surface area (Å²) in [5.41, 5.74) is 2.11. The summed E-state index contributed by atoms with van der Waals surface area (Å²) in [4.78, 5) is 14.1. The van der Waals surface area contributed by atoms with Gasteiger partial charge in [0.25, 0.3) is 0 Å². The number of hydrogen-bond donors (Lipinski definition) is 0. The van der Waals surface area contributed by atoms with Crippen LogP contribution in [0.4, 0.5) is 0 Å². The molecule has 2 rings (SSSR count). The van der Waals surface area contributed by atoms with Crippen molar-refractivity contribution in [3.8, 4) is 0 Å². The second-order valence-corrected chi connectivity index (χ2v) is 4.83. The molecule has 0 aliphatic carbocycles. The van der Waals surface area contributed by atoms with E-state index >= 15 is 0 Å². The third kappa shape index (κ3) is 2.49. The smallest absolute Gasteiger partial charge is 0.328 e. The van der Waals surface area contributed by atoms with Gasteiger partial charge in [0.15, 0.2) is 0 Å². The second kappa shape index (κ2) is 5.45. The summed E-state index contributed by atoms with van der Waals surface area (Å²) >= 11 is 0. The van der Waals surface area contributed by atoms with Crippen molar-refractivity contribution < 1.29 is 9.53 Å². The van der Waals surface area contributed by atoms with Gasteiger partial charge in [-0.3, -0.25) is 4.90 Å². The van der Waals surface area contributed by atoms with Crippen LogP contribution in [0.15, 0.2) is 30.5 Å². The van der Waals surface area contributed by atoms with Crippen molar-refractivity contribution in [3.05, 3.63) is 36.0 Å². The molecule has 0 saturated heterocycles. The summed E-state index contributed by atoms with van der Waals surface area (Å²) < 4.78 is 7.23. The molecule has 0 aliphatic heterocycles. The minimum Gasteiger partial charge on any atom is -0.465 e. The van der Waals surface area contributed by atoms with Crippen LogP contribution >= 0.6 is 0 Å². The van der Waals surface area contributed by atoms with E-state index in [1.165, 1.54) is 0 Å². The predicted molar refractivity (Wildman–Crippen MR) is 76.0 cm³/mol. The minimum atomic E-state index is -0.369. The average Bonchev–Trinajstić information content (AvgIpc) is 2.68. The number of nitrogens with zero attached hydrogens (tertiary/aromatic N) is 2. The van der Waals surface area contributed by atoms with Gasteiger partial charge in [-0.25, -0.2) is 4.79 Å². The standard InChI is InChI=1S/C15H20N2O2/c1-5-19-15(18)14(16(2)3)12-10-17(4)13-9-7-6-8-11(12)13/h6-10,14H,5H2,1-4H3. The fraction of sp³-hybridized carbons (Fsp3) is 0.400. The van der Waals surface area contributed by atoms with E-state index in [-0.39, 0.29) is 12.0 Å². The van der Waals surface area contributed by atoms with Gasteiger partial charge in [-0.05, 0) is 27.1 Å². The van der Waals surface area contributed by atoms with E-state index in [0.29, 0.717) is 6.61 Å². The molecule has 19 heavy (non-hydrogen) atoms. The van der Waals surface area contributed by atoms with Crippen molar-refractivity contribution in [2.45, 2.75) is 13.0 Å². The third-order valence-electron chi connectivity index (χ3n) is 3.25. The molecule has 0 saturated carbocycles. The zero-order valence-electron chi connectivity index (χ0n) is 11.9. The average molecular weight is 260 g/mol. The van der Waals surface area contributed by atoms with E-state index in [9.17, 15) is 4.79 Å². The first kappa shape index (κ1) is 13.6. The maximum absolute atomic E-state index is 12.2. The molecular weight excluding hydrogens is 240 g/mol. The first-order chi connectivity index (χ1) is 9.06. The van der Waals surface area contributed by atoms with Gasteiger partial charge < -0.3 is 9.30 Å². The van der Waals surface area contributed by atoms with Gasteiger partial charge in [0.1, 0.15) is 6.04 Å². The van der Waals surface area contributed by atoms with Crippen LogP contribution in [0.5, 0.6) is 0 Å². The van der Waals surface area contributed by atoms with Crippen molar-refractivity contribution >= 4 is 16.9 Å². The van der Waals surface area contributed by atoms with Crippen molar-refractivity contribution in [1.29, 1.82) is 0 Å². The lowest BCUT2D eigenvalue weighted by Crippen LogP contribution is -2.29. The lowest BCUT2D eigenvalue weighted by Gasteiger charge is -2.22. The lowest BCUT2D eigenvalue weighted by atomic mass is 10.1. The molecule has 4 heteroatoms. The highest BCUT2D eigenvalue weighted by molar-refractivity contribution is 5.90. The van der Waals surface area contributed by atoms with Crippen LogP contribution in [0, 0.1) is 0 Å². The molecule has 1 atom stereocenters. The number of aromatic nitrogens is 1. The van der Waals surface area contributed by atoms with Crippen molar-refractivity contribution in [1.82, 2.24) is 9.47 Å². The maximum atomic E-state index is 12.2. The minimum absolute atomic E-state index is 0.205. The molecule has 102 valence electrons. The Labute approximate surface area is 113 Å². The summed E-state index contributed by atoms with van der Waals surface area (Å²) in [6.45, 7) is 2.22. The maximum Gasteiger partial charge on any atom is 0.328 e. The van der Waals surface area contributed by atoms with Crippen LogP contribution in [0.3, 0.4) is 0 Å². The lowest BCUT2D eigenvalue weighted by molar-refractivity contribution is -0.148. The van der Waals surface area contributed by atoms with Gasteiger partial charge in [0.05, 0.1) is 6.61 Å². The fourth-order valence-electron chi connectivity index (χ4n) is 2.43. The first-order valence-corrected chi connectivity index (χ1v) is 6.43. The number of aryl methyl sites for hydroxylation is 1. The van der Waals surface area contributed by atoms with E-state index in [4.69, 9.17) is 4.74 Å². The van der Waals surface area contributed by atoms with Gasteiger partial charge in [-0.2, -0.15) is 0 Å². The van der Waals surface area contributed by atoms with Gasteiger partial charge in [-0.1, -0.05) is 18.2 Å². The molecule has 0 aliphatic rings. The summed E-state index contributed by atoms with van der Waals surface area (Å²) in [6, 6.07) is 7.72. The third-order valence-corrected chi connectivity index (χ3v) is 3.25. The van der Waals surface area contributed by atoms with Gasteiger partial charge in [-0.15, -0.1) is 0 Å². The monoisotopic (exact) mass is 260 g/mol. The number of ether oxygens (including phenoxy) is 1. The Morgan fingerprint density at radius 3 is 2.68 bits per heavy atom. The van der Waals surface area contributed by atoms with Gasteiger partial charge in [0, 0.05) is 29.7 Å². The molecule has 1 aromatic carbocycles. The SMILES string of the molecule is CCOC(=O)C(c1cn(C)c2ccccc12)N(C)C. The van der Waals surface area contributed by atoms with Crippen LogP contribution in [0.1, 0.15) is 18.5 Å². The molecular formula is C15H20N2O2. The molecule has 4 nitrogen and oxygen atoms in total. The van der Waals surface area contributed by atoms with E-state index in [1.54, 1.807) is 0 Å². The Balaban J connectivity index is 2.54. The highest BCUT2D eigenvalue weighted by Crippen LogP contribution is 2.29. The van der Waals surface area contributed by atoms with E-state index in [1.807, 2.05) is 61.9 Å². The fourth-order valence-corrected chi connectivity index (χ4v) is 2.43. The normalized spacial score (nSPS) is 12.9. The Kier molecular flexibility index (Phi) is 3.90. The molecule has 1 aromatic heterocycles. The topological polar surface area (TPSA) is 34.5 Å². The largest absolute Gasteiger partial charge is 0.465 e. The van der Waals surface area contributed by atoms with Crippen LogP contribution in [-0.4, -0.2) is 36.1 Å². The summed E-state index contributed by atoms with van der Waals surface area (Å²) in [7, 11) is 5.77. The summed E-state index contributed by atoms with van der Waals surface area (Å²) in [6.07, 6.45) is 2.01. The number of benzene rings is 1. The van der Waals surface area contributed by atoms with Crippen LogP contribution in [0.2, 0.25) is 0 Å². The number of carbonyl (C=O) groups is 1. The van der Waals surface area contributed by atoms with Crippen molar-refractivity contribution in [2.24, 2.45) is 7.05 Å². The van der Waals surface area contributed by atoms with Crippen LogP contribution in [-0.2, 0) is 16.6 Å². The summed E-state index contributed by atoms with van der Waals surface area (Å²) in [5, 5.41) is 1.09. The highest BCUT2D eigenvalue weighted by atomic mass is 16.5. The summed E-state index contributed by atoms with van der Waals surface area (Å²) in [5.74, 6) is -0.205. The molecule has 0 radical (unpaired) electrons. The Morgan fingerprint density at radius 1 is 1.37 bits per heavy atom. The number of para-hydroxylation sites is 1. The number of rotatable bonds is 4. The molecule has 0 bridgehead atoms. The first-order valence-electron chi connectivity index (χ1n) is 6.43. The molecule has 2 aromatic rings. The van der Waals surface area contributed by atoms with E-state index in [0.717, 1.165) is 16.5 Å². The molecule has 0 amide bonds. The van der Waals surface area contributed by atoms with Crippen molar-refractivity contribution in [3.63, 3.8) is 0 Å². The van der Waals surface area contributed by atoms with Crippen LogP contribution < -0.4 is 0 Å². The van der Waals surface area contributed by atoms with Gasteiger partial charge >= 0.3 is 5.97 Å². The highest BCUT2D eigenvalue weighted by Gasteiger charge is 2.27. The Bertz CT molecular complexity index is 587. The second-order valence-electron chi connectivity index (χ2n) is 4.83. The van der Waals surface area contributed by atoms with Crippen molar-refractivity contribution in [2.75, 3.05) is 20.7 Å². The number of carbonyl (C=O) groups excluding carboxylic acids is 1. The number of fused-ring (bicyclic) bond motifs is 1. The Hall–Kier alpha value is -1.81. The molecule has 0 N–H and O–H groups in total. The number of hydrogen-bond acceptors (Lipinski definition) is 3. The molecule has 1 heterocycles. The zero-order valence-corrected chi connectivity index (χ0v) is 11.9. The quantitative estimate of drug-likeness (QED) is 0.791. The Morgan fingerprint density at radius 2 is 2.05 bits per heavy atom. The molecule has 1 unspecified atom stereocenters. The molecule has 0 spiro atoms. The number of esters is 1. The predicted octanol–water partition coefficient (Wildman–Crippen LogP) is 2.34. The zero-order chi connectivity index (χ0) is 14.0. The van der Waals surface area contributed by atoms with E-state index < -0.39 is 0 Å². The van der Waals surface area contributed by atoms with Crippen LogP contribution in [0.25, 0.3) is 10.9 Å².